The third-order valence-corrected chi connectivity index (χ3v) is 4.60. The standard InChI is InChI=1S/C16H17N3O2S/c1-3-12-7-6-10-17-14(12)11-19-15-9-5-4-8-13(15)18-16(19)22(2,20)21/h4-10H,3,11H2,1-2H3. The van der Waals surface area contributed by atoms with E-state index in [-0.39, 0.29) is 5.16 Å². The number of fused-ring (bicyclic) bond motifs is 1. The monoisotopic (exact) mass is 315 g/mol. The molecule has 0 saturated carbocycles. The zero-order valence-corrected chi connectivity index (χ0v) is 13.3. The van der Waals surface area contributed by atoms with Crippen LogP contribution in [0.3, 0.4) is 0 Å². The Bertz CT molecular complexity index is 929. The Morgan fingerprint density at radius 2 is 1.91 bits per heavy atom. The fourth-order valence-corrected chi connectivity index (χ4v) is 3.40. The number of benzene rings is 1. The van der Waals surface area contributed by atoms with Gasteiger partial charge < -0.3 is 4.57 Å². The molecule has 0 saturated heterocycles. The summed E-state index contributed by atoms with van der Waals surface area (Å²) >= 11 is 0. The summed E-state index contributed by atoms with van der Waals surface area (Å²) in [6.07, 6.45) is 3.77. The Morgan fingerprint density at radius 3 is 2.64 bits per heavy atom. The van der Waals surface area contributed by atoms with E-state index in [1.165, 1.54) is 6.26 Å². The number of nitrogens with zero attached hydrogens (tertiary/aromatic N) is 3. The van der Waals surface area contributed by atoms with Crippen molar-refractivity contribution < 1.29 is 8.42 Å². The molecule has 3 rings (SSSR count). The Labute approximate surface area is 129 Å². The lowest BCUT2D eigenvalue weighted by molar-refractivity contribution is 0.579. The highest BCUT2D eigenvalue weighted by molar-refractivity contribution is 7.90. The van der Waals surface area contributed by atoms with Gasteiger partial charge in [0.15, 0.2) is 0 Å². The Balaban J connectivity index is 2.21. The summed E-state index contributed by atoms with van der Waals surface area (Å²) in [5, 5.41) is 0.0846. The molecular weight excluding hydrogens is 298 g/mol. The molecule has 1 aromatic carbocycles. The lowest BCUT2D eigenvalue weighted by atomic mass is 10.1. The van der Waals surface area contributed by atoms with Gasteiger partial charge in [0.2, 0.25) is 15.0 Å². The Morgan fingerprint density at radius 1 is 1.14 bits per heavy atom. The van der Waals surface area contributed by atoms with Crippen LogP contribution in [-0.4, -0.2) is 29.2 Å². The summed E-state index contributed by atoms with van der Waals surface area (Å²) in [7, 11) is -3.41. The van der Waals surface area contributed by atoms with Crippen molar-refractivity contribution in [1.82, 2.24) is 14.5 Å². The first kappa shape index (κ1) is 14.7. The van der Waals surface area contributed by atoms with Crippen LogP contribution >= 0.6 is 0 Å². The fraction of sp³-hybridized carbons (Fsp3) is 0.250. The van der Waals surface area contributed by atoms with Crippen LogP contribution in [0.1, 0.15) is 18.2 Å². The van der Waals surface area contributed by atoms with Gasteiger partial charge in [0.1, 0.15) is 0 Å². The van der Waals surface area contributed by atoms with E-state index >= 15 is 0 Å². The summed E-state index contributed by atoms with van der Waals surface area (Å²) in [5.41, 5.74) is 3.46. The molecule has 0 aliphatic heterocycles. The third-order valence-electron chi connectivity index (χ3n) is 3.62. The first-order valence-electron chi connectivity index (χ1n) is 7.09. The maximum absolute atomic E-state index is 12.1. The zero-order valence-electron chi connectivity index (χ0n) is 12.5. The smallest absolute Gasteiger partial charge is 0.228 e. The maximum Gasteiger partial charge on any atom is 0.228 e. The van der Waals surface area contributed by atoms with Crippen LogP contribution in [0.4, 0.5) is 0 Å². The highest BCUT2D eigenvalue weighted by Gasteiger charge is 2.20. The number of rotatable bonds is 4. The Kier molecular flexibility index (Phi) is 3.70. The maximum atomic E-state index is 12.1. The van der Waals surface area contributed by atoms with E-state index in [2.05, 4.69) is 16.9 Å². The van der Waals surface area contributed by atoms with Gasteiger partial charge in [-0.1, -0.05) is 25.1 Å². The van der Waals surface area contributed by atoms with Gasteiger partial charge in [-0.05, 0) is 30.2 Å². The molecule has 0 aliphatic carbocycles. The van der Waals surface area contributed by atoms with Crippen molar-refractivity contribution in [2.24, 2.45) is 0 Å². The first-order valence-corrected chi connectivity index (χ1v) is 8.98. The minimum atomic E-state index is -3.41. The highest BCUT2D eigenvalue weighted by Crippen LogP contribution is 2.21. The van der Waals surface area contributed by atoms with E-state index in [9.17, 15) is 8.42 Å². The minimum Gasteiger partial charge on any atom is -0.309 e. The molecular formula is C16H17N3O2S. The van der Waals surface area contributed by atoms with Gasteiger partial charge >= 0.3 is 0 Å². The van der Waals surface area contributed by atoms with Gasteiger partial charge in [-0.15, -0.1) is 0 Å². The second kappa shape index (κ2) is 5.53. The number of para-hydroxylation sites is 2. The van der Waals surface area contributed by atoms with Crippen LogP contribution in [0.15, 0.2) is 47.8 Å². The summed E-state index contributed by atoms with van der Waals surface area (Å²) < 4.78 is 25.9. The number of aryl methyl sites for hydroxylation is 1. The van der Waals surface area contributed by atoms with Gasteiger partial charge in [0.05, 0.1) is 23.3 Å². The molecule has 0 fully saturated rings. The largest absolute Gasteiger partial charge is 0.309 e. The van der Waals surface area contributed by atoms with E-state index in [0.717, 1.165) is 23.2 Å². The number of hydrogen-bond acceptors (Lipinski definition) is 4. The highest BCUT2D eigenvalue weighted by atomic mass is 32.2. The summed E-state index contributed by atoms with van der Waals surface area (Å²) in [6.45, 7) is 2.46. The van der Waals surface area contributed by atoms with Gasteiger partial charge in [-0.2, -0.15) is 0 Å². The summed E-state index contributed by atoms with van der Waals surface area (Å²) in [5.74, 6) is 0. The lowest BCUT2D eigenvalue weighted by Gasteiger charge is -2.10. The number of imidazole rings is 1. The number of pyridine rings is 1. The average molecular weight is 315 g/mol. The van der Waals surface area contributed by atoms with E-state index in [1.807, 2.05) is 36.4 Å². The molecule has 0 bridgehead atoms. The molecule has 5 nitrogen and oxygen atoms in total. The molecule has 3 aromatic rings. The van der Waals surface area contributed by atoms with Crippen molar-refractivity contribution in [2.75, 3.05) is 6.26 Å². The molecule has 22 heavy (non-hydrogen) atoms. The van der Waals surface area contributed by atoms with Crippen molar-refractivity contribution in [3.8, 4) is 0 Å². The van der Waals surface area contributed by atoms with E-state index in [4.69, 9.17) is 0 Å². The number of sulfone groups is 1. The molecule has 0 atom stereocenters. The van der Waals surface area contributed by atoms with E-state index in [0.29, 0.717) is 12.1 Å². The number of hydrogen-bond donors (Lipinski definition) is 0. The average Bonchev–Trinajstić information content (AvgIpc) is 2.87. The molecule has 0 aliphatic rings. The van der Waals surface area contributed by atoms with Crippen molar-refractivity contribution >= 4 is 20.9 Å². The van der Waals surface area contributed by atoms with Gasteiger partial charge in [-0.3, -0.25) is 4.98 Å². The quantitative estimate of drug-likeness (QED) is 0.742. The van der Waals surface area contributed by atoms with Crippen molar-refractivity contribution in [1.29, 1.82) is 0 Å². The molecule has 0 radical (unpaired) electrons. The normalized spacial score (nSPS) is 11.9. The third kappa shape index (κ3) is 2.62. The van der Waals surface area contributed by atoms with E-state index in [1.54, 1.807) is 10.8 Å². The van der Waals surface area contributed by atoms with Crippen LogP contribution in [0.25, 0.3) is 11.0 Å². The molecule has 0 spiro atoms. The van der Waals surface area contributed by atoms with Crippen molar-refractivity contribution in [3.05, 3.63) is 53.9 Å². The van der Waals surface area contributed by atoms with Crippen LogP contribution in [0.2, 0.25) is 0 Å². The van der Waals surface area contributed by atoms with Crippen LogP contribution in [-0.2, 0) is 22.8 Å². The van der Waals surface area contributed by atoms with E-state index < -0.39 is 9.84 Å². The molecule has 0 unspecified atom stereocenters. The zero-order chi connectivity index (χ0) is 15.7. The molecule has 2 aromatic heterocycles. The topological polar surface area (TPSA) is 64.8 Å². The predicted octanol–water partition coefficient (Wildman–Crippen LogP) is 2.45. The molecule has 2 heterocycles. The van der Waals surface area contributed by atoms with Crippen molar-refractivity contribution in [2.45, 2.75) is 25.0 Å². The summed E-state index contributed by atoms with van der Waals surface area (Å²) in [6, 6.07) is 11.3. The van der Waals surface area contributed by atoms with Gasteiger partial charge in [0, 0.05) is 12.5 Å². The first-order chi connectivity index (χ1) is 10.5. The Hall–Kier alpha value is -2.21. The summed E-state index contributed by atoms with van der Waals surface area (Å²) in [4.78, 5) is 8.69. The second-order valence-electron chi connectivity index (χ2n) is 5.20. The molecule has 6 heteroatoms. The molecule has 0 amide bonds. The molecule has 0 N–H and O–H groups in total. The van der Waals surface area contributed by atoms with Crippen LogP contribution < -0.4 is 0 Å². The molecule has 114 valence electrons. The van der Waals surface area contributed by atoms with Gasteiger partial charge in [0.25, 0.3) is 0 Å². The van der Waals surface area contributed by atoms with Crippen LogP contribution in [0, 0.1) is 0 Å². The number of aromatic nitrogens is 3. The second-order valence-corrected chi connectivity index (χ2v) is 7.11. The predicted molar refractivity (Wildman–Crippen MR) is 85.6 cm³/mol. The van der Waals surface area contributed by atoms with Crippen molar-refractivity contribution in [3.63, 3.8) is 0 Å². The minimum absolute atomic E-state index is 0.0846. The SMILES string of the molecule is CCc1cccnc1Cn1c(S(C)(=O)=O)nc2ccccc21. The fourth-order valence-electron chi connectivity index (χ4n) is 2.57. The van der Waals surface area contributed by atoms with Crippen LogP contribution in [0.5, 0.6) is 0 Å². The lowest BCUT2D eigenvalue weighted by Crippen LogP contribution is -2.12. The van der Waals surface area contributed by atoms with Gasteiger partial charge in [-0.25, -0.2) is 13.4 Å².